The highest BCUT2D eigenvalue weighted by atomic mass is 19.1. The minimum absolute atomic E-state index is 0.0278. The summed E-state index contributed by atoms with van der Waals surface area (Å²) in [7, 11) is 0. The fourth-order valence-corrected chi connectivity index (χ4v) is 3.49. The van der Waals surface area contributed by atoms with E-state index in [9.17, 15) is 9.18 Å². The summed E-state index contributed by atoms with van der Waals surface area (Å²) >= 11 is 0. The molecule has 0 radical (unpaired) electrons. The molecule has 0 unspecified atom stereocenters. The molecule has 0 atom stereocenters. The summed E-state index contributed by atoms with van der Waals surface area (Å²) < 4.78 is 14.9. The van der Waals surface area contributed by atoms with Crippen molar-refractivity contribution in [3.63, 3.8) is 0 Å². The van der Waals surface area contributed by atoms with Crippen molar-refractivity contribution >= 4 is 11.6 Å². The van der Waals surface area contributed by atoms with Crippen molar-refractivity contribution in [2.24, 2.45) is 0 Å². The summed E-state index contributed by atoms with van der Waals surface area (Å²) in [5, 5.41) is 8.38. The van der Waals surface area contributed by atoms with Gasteiger partial charge in [0.25, 0.3) is 5.91 Å². The van der Waals surface area contributed by atoms with Crippen molar-refractivity contribution in [1.29, 1.82) is 0 Å². The van der Waals surface area contributed by atoms with Crippen LogP contribution in [0.15, 0.2) is 42.6 Å². The Labute approximate surface area is 157 Å². The molecule has 27 heavy (non-hydrogen) atoms. The van der Waals surface area contributed by atoms with Crippen LogP contribution in [0.4, 0.5) is 4.39 Å². The van der Waals surface area contributed by atoms with Crippen LogP contribution in [0.5, 0.6) is 0 Å². The lowest BCUT2D eigenvalue weighted by Gasteiger charge is -2.34. The molecule has 0 bridgehead atoms. The first-order valence-electron chi connectivity index (χ1n) is 9.28. The van der Waals surface area contributed by atoms with Gasteiger partial charge < -0.3 is 4.90 Å². The van der Waals surface area contributed by atoms with Crippen LogP contribution < -0.4 is 0 Å². The Hall–Kier alpha value is -2.80. The Bertz CT molecular complexity index is 945. The Balaban J connectivity index is 1.54. The predicted octanol–water partition coefficient (Wildman–Crippen LogP) is 2.70. The highest BCUT2D eigenvalue weighted by molar-refractivity contribution is 5.95. The molecule has 0 spiro atoms. The third-order valence-corrected chi connectivity index (χ3v) is 4.96. The van der Waals surface area contributed by atoms with Gasteiger partial charge in [-0.3, -0.25) is 14.1 Å². The van der Waals surface area contributed by atoms with Gasteiger partial charge >= 0.3 is 0 Å². The third-order valence-electron chi connectivity index (χ3n) is 4.96. The molecule has 1 aliphatic heterocycles. The van der Waals surface area contributed by atoms with Crippen molar-refractivity contribution in [2.45, 2.75) is 13.3 Å². The fraction of sp³-hybridized carbons (Fsp3) is 0.350. The number of hydrogen-bond donors (Lipinski definition) is 0. The van der Waals surface area contributed by atoms with Gasteiger partial charge in [-0.25, -0.2) is 4.39 Å². The summed E-state index contributed by atoms with van der Waals surface area (Å²) in [6.45, 7) is 6.59. The monoisotopic (exact) mass is 367 g/mol. The molecule has 7 heteroatoms. The summed E-state index contributed by atoms with van der Waals surface area (Å²) in [6, 6.07) is 9.69. The van der Waals surface area contributed by atoms with Gasteiger partial charge in [-0.1, -0.05) is 6.92 Å². The molecule has 1 aliphatic rings. The second kappa shape index (κ2) is 7.44. The largest absolute Gasteiger partial charge is 0.336 e. The number of benzene rings is 1. The molecule has 3 heterocycles. The van der Waals surface area contributed by atoms with Crippen molar-refractivity contribution in [2.75, 3.05) is 32.7 Å². The van der Waals surface area contributed by atoms with Crippen molar-refractivity contribution in [3.05, 3.63) is 54.0 Å². The molecule has 140 valence electrons. The number of carbonyl (C=O) groups excluding carboxylic acids is 1. The van der Waals surface area contributed by atoms with Crippen LogP contribution in [0.1, 0.15) is 23.7 Å². The number of halogens is 1. The van der Waals surface area contributed by atoms with E-state index >= 15 is 0 Å². The van der Waals surface area contributed by atoms with Gasteiger partial charge in [0.1, 0.15) is 5.82 Å². The van der Waals surface area contributed by atoms with Gasteiger partial charge in [-0.05, 0) is 49.4 Å². The van der Waals surface area contributed by atoms with Gasteiger partial charge in [-0.15, -0.1) is 10.2 Å². The highest BCUT2D eigenvalue weighted by Crippen LogP contribution is 2.20. The molecule has 1 amide bonds. The molecule has 2 aromatic heterocycles. The molecule has 1 aromatic carbocycles. The van der Waals surface area contributed by atoms with Crippen LogP contribution in [0.3, 0.4) is 0 Å². The number of fused-ring (bicyclic) bond motifs is 1. The molecule has 6 nitrogen and oxygen atoms in total. The second-order valence-corrected chi connectivity index (χ2v) is 6.81. The molecule has 0 saturated carbocycles. The fourth-order valence-electron chi connectivity index (χ4n) is 3.49. The summed E-state index contributed by atoms with van der Waals surface area (Å²) in [4.78, 5) is 17.1. The van der Waals surface area contributed by atoms with E-state index in [0.29, 0.717) is 17.0 Å². The van der Waals surface area contributed by atoms with Crippen LogP contribution in [0, 0.1) is 5.82 Å². The summed E-state index contributed by atoms with van der Waals surface area (Å²) in [6.07, 6.45) is 2.93. The van der Waals surface area contributed by atoms with Gasteiger partial charge in [-0.2, -0.15) is 0 Å². The SMILES string of the molecule is CCCN1CCN(C(=O)c2ccn3c(-c4ccc(F)cc4)nnc3c2)CC1. The number of nitrogens with zero attached hydrogens (tertiary/aromatic N) is 5. The van der Waals surface area contributed by atoms with E-state index in [1.54, 1.807) is 30.5 Å². The number of hydrogen-bond acceptors (Lipinski definition) is 4. The van der Waals surface area contributed by atoms with Crippen molar-refractivity contribution in [1.82, 2.24) is 24.4 Å². The van der Waals surface area contributed by atoms with E-state index in [2.05, 4.69) is 22.0 Å². The normalized spacial score (nSPS) is 15.4. The maximum Gasteiger partial charge on any atom is 0.254 e. The lowest BCUT2D eigenvalue weighted by Crippen LogP contribution is -2.48. The predicted molar refractivity (Wildman–Crippen MR) is 101 cm³/mol. The van der Waals surface area contributed by atoms with Gasteiger partial charge in [0.2, 0.25) is 0 Å². The van der Waals surface area contributed by atoms with Gasteiger partial charge in [0, 0.05) is 43.5 Å². The van der Waals surface area contributed by atoms with E-state index in [-0.39, 0.29) is 11.7 Å². The molecule has 0 aliphatic carbocycles. The molecule has 3 aromatic rings. The van der Waals surface area contributed by atoms with Crippen molar-refractivity contribution < 1.29 is 9.18 Å². The topological polar surface area (TPSA) is 53.7 Å². The Morgan fingerprint density at radius 1 is 1.07 bits per heavy atom. The van der Waals surface area contributed by atoms with Gasteiger partial charge in [0.05, 0.1) is 0 Å². The minimum atomic E-state index is -0.292. The number of aromatic nitrogens is 3. The first-order valence-corrected chi connectivity index (χ1v) is 9.28. The van der Waals surface area contributed by atoms with Crippen LogP contribution in [0.25, 0.3) is 17.0 Å². The highest BCUT2D eigenvalue weighted by Gasteiger charge is 2.22. The van der Waals surface area contributed by atoms with E-state index in [4.69, 9.17) is 0 Å². The standard InChI is InChI=1S/C20H22FN5O/c1-2-8-24-10-12-25(13-11-24)20(27)16-7-9-26-18(14-16)22-23-19(26)15-3-5-17(21)6-4-15/h3-7,9,14H,2,8,10-13H2,1H3. The second-order valence-electron chi connectivity index (χ2n) is 6.81. The minimum Gasteiger partial charge on any atom is -0.336 e. The first-order chi connectivity index (χ1) is 13.2. The Morgan fingerprint density at radius 2 is 1.81 bits per heavy atom. The molecule has 4 rings (SSSR count). The lowest BCUT2D eigenvalue weighted by atomic mass is 10.2. The average molecular weight is 367 g/mol. The zero-order valence-corrected chi connectivity index (χ0v) is 15.3. The van der Waals surface area contributed by atoms with Crippen LogP contribution >= 0.6 is 0 Å². The van der Waals surface area contributed by atoms with Gasteiger partial charge in [0.15, 0.2) is 11.5 Å². The number of carbonyl (C=O) groups is 1. The Kier molecular flexibility index (Phi) is 4.85. The lowest BCUT2D eigenvalue weighted by molar-refractivity contribution is 0.0637. The molecule has 1 saturated heterocycles. The average Bonchev–Trinajstić information content (AvgIpc) is 3.12. The number of amides is 1. The zero-order valence-electron chi connectivity index (χ0n) is 15.3. The van der Waals surface area contributed by atoms with E-state index in [1.807, 2.05) is 9.30 Å². The van der Waals surface area contributed by atoms with Crippen LogP contribution in [-0.4, -0.2) is 63.0 Å². The molecule has 0 N–H and O–H groups in total. The molecular weight excluding hydrogens is 345 g/mol. The zero-order chi connectivity index (χ0) is 18.8. The number of rotatable bonds is 4. The van der Waals surface area contributed by atoms with Crippen LogP contribution in [0.2, 0.25) is 0 Å². The smallest absolute Gasteiger partial charge is 0.254 e. The third kappa shape index (κ3) is 3.55. The summed E-state index contributed by atoms with van der Waals surface area (Å²) in [5.74, 6) is 0.358. The first kappa shape index (κ1) is 17.6. The number of pyridine rings is 1. The Morgan fingerprint density at radius 3 is 2.52 bits per heavy atom. The quantitative estimate of drug-likeness (QED) is 0.712. The molecular formula is C20H22FN5O. The summed E-state index contributed by atoms with van der Waals surface area (Å²) in [5.41, 5.74) is 1.99. The van der Waals surface area contributed by atoms with E-state index in [1.165, 1.54) is 12.1 Å². The maximum atomic E-state index is 13.1. The maximum absolute atomic E-state index is 13.1. The van der Waals surface area contributed by atoms with E-state index < -0.39 is 0 Å². The van der Waals surface area contributed by atoms with Crippen molar-refractivity contribution in [3.8, 4) is 11.4 Å². The van der Waals surface area contributed by atoms with Crippen LogP contribution in [-0.2, 0) is 0 Å². The number of piperazine rings is 1. The van der Waals surface area contributed by atoms with E-state index in [0.717, 1.165) is 44.7 Å². The molecule has 1 fully saturated rings.